The van der Waals surface area contributed by atoms with Gasteiger partial charge in [0.1, 0.15) is 12.0 Å². The number of pyridine rings is 1. The molecule has 2 heterocycles. The van der Waals surface area contributed by atoms with E-state index in [0.717, 1.165) is 17.2 Å². The van der Waals surface area contributed by atoms with Gasteiger partial charge in [-0.15, -0.1) is 0 Å². The third-order valence-corrected chi connectivity index (χ3v) is 3.15. The van der Waals surface area contributed by atoms with Crippen LogP contribution >= 0.6 is 0 Å². The molecule has 4 nitrogen and oxygen atoms in total. The Bertz CT molecular complexity index is 564. The van der Waals surface area contributed by atoms with Gasteiger partial charge in [-0.25, -0.2) is 9.37 Å². The molecule has 0 bridgehead atoms. The molecule has 0 unspecified atom stereocenters. The zero-order valence-corrected chi connectivity index (χ0v) is 10.4. The number of alkyl halides is 1. The quantitative estimate of drug-likeness (QED) is 0.831. The lowest BCUT2D eigenvalue weighted by Gasteiger charge is -2.35. The normalized spacial score (nSPS) is 15.1. The number of hydrogen-bond donors (Lipinski definition) is 2. The van der Waals surface area contributed by atoms with E-state index in [9.17, 15) is 4.39 Å². The van der Waals surface area contributed by atoms with Crippen molar-refractivity contribution in [2.45, 2.75) is 6.17 Å². The third-order valence-electron chi connectivity index (χ3n) is 3.15. The number of nitrogens with one attached hydrogen (secondary N) is 1. The molecule has 0 aliphatic carbocycles. The van der Waals surface area contributed by atoms with Crippen molar-refractivity contribution in [2.24, 2.45) is 0 Å². The Kier molecular flexibility index (Phi) is 2.95. The molecule has 2 aromatic rings. The van der Waals surface area contributed by atoms with Crippen LogP contribution in [0, 0.1) is 0 Å². The number of hydrogen-bond acceptors (Lipinski definition) is 4. The molecular formula is C14H15FN4. The van der Waals surface area contributed by atoms with Crippen LogP contribution in [0.1, 0.15) is 0 Å². The van der Waals surface area contributed by atoms with E-state index in [2.05, 4.69) is 10.3 Å². The maximum Gasteiger partial charge on any atom is 0.135 e. The molecule has 1 aliphatic rings. The van der Waals surface area contributed by atoms with Crippen molar-refractivity contribution < 1.29 is 4.39 Å². The fraction of sp³-hybridized carbons (Fsp3) is 0.214. The molecule has 1 aliphatic heterocycles. The predicted octanol–water partition coefficient (Wildman–Crippen LogP) is 2.57. The Morgan fingerprint density at radius 2 is 2.00 bits per heavy atom. The fourth-order valence-corrected chi connectivity index (χ4v) is 2.03. The average molecular weight is 258 g/mol. The van der Waals surface area contributed by atoms with E-state index >= 15 is 0 Å². The zero-order chi connectivity index (χ0) is 13.2. The Morgan fingerprint density at radius 1 is 1.21 bits per heavy atom. The molecule has 0 spiro atoms. The van der Waals surface area contributed by atoms with E-state index in [-0.39, 0.29) is 0 Å². The highest BCUT2D eigenvalue weighted by atomic mass is 19.1. The Balaban J connectivity index is 1.71. The van der Waals surface area contributed by atoms with E-state index in [1.165, 1.54) is 0 Å². The number of nitrogen functional groups attached to an aromatic ring is 1. The lowest BCUT2D eigenvalue weighted by Crippen LogP contribution is -2.48. The van der Waals surface area contributed by atoms with Gasteiger partial charge in [-0.3, -0.25) is 0 Å². The van der Waals surface area contributed by atoms with E-state index < -0.39 is 6.17 Å². The number of halogens is 1. The van der Waals surface area contributed by atoms with Gasteiger partial charge in [0.15, 0.2) is 0 Å². The highest BCUT2D eigenvalue weighted by molar-refractivity contribution is 5.72. The molecular weight excluding hydrogens is 243 g/mol. The molecule has 3 rings (SSSR count). The predicted molar refractivity (Wildman–Crippen MR) is 75.5 cm³/mol. The summed E-state index contributed by atoms with van der Waals surface area (Å²) in [5.74, 6) is 0.806. The summed E-state index contributed by atoms with van der Waals surface area (Å²) in [6.45, 7) is 0.872. The first-order valence-corrected chi connectivity index (χ1v) is 6.19. The first-order valence-electron chi connectivity index (χ1n) is 6.19. The molecule has 5 heteroatoms. The summed E-state index contributed by atoms with van der Waals surface area (Å²) in [6, 6.07) is 11.4. The smallest absolute Gasteiger partial charge is 0.135 e. The third kappa shape index (κ3) is 2.45. The molecule has 1 aromatic carbocycles. The summed E-state index contributed by atoms with van der Waals surface area (Å²) in [4.78, 5) is 6.22. The van der Waals surface area contributed by atoms with Gasteiger partial charge in [-0.1, -0.05) is 12.1 Å². The second-order valence-electron chi connectivity index (χ2n) is 4.62. The molecule has 3 N–H and O–H groups in total. The van der Waals surface area contributed by atoms with E-state index in [1.54, 1.807) is 6.20 Å². The van der Waals surface area contributed by atoms with Crippen molar-refractivity contribution in [1.82, 2.24) is 4.98 Å². The van der Waals surface area contributed by atoms with Crippen LogP contribution in [0.2, 0.25) is 0 Å². The minimum atomic E-state index is -0.719. The maximum absolute atomic E-state index is 12.8. The Labute approximate surface area is 111 Å². The number of benzene rings is 1. The monoisotopic (exact) mass is 258 g/mol. The topological polar surface area (TPSA) is 54.2 Å². The van der Waals surface area contributed by atoms with Crippen LogP contribution < -0.4 is 16.0 Å². The van der Waals surface area contributed by atoms with Gasteiger partial charge in [-0.05, 0) is 24.3 Å². The van der Waals surface area contributed by atoms with Crippen molar-refractivity contribution in [3.8, 4) is 0 Å². The second-order valence-corrected chi connectivity index (χ2v) is 4.62. The molecule has 0 radical (unpaired) electrons. The van der Waals surface area contributed by atoms with Crippen LogP contribution in [-0.2, 0) is 0 Å². The summed E-state index contributed by atoms with van der Waals surface area (Å²) < 4.78 is 12.8. The number of aromatic nitrogens is 1. The highest BCUT2D eigenvalue weighted by Gasteiger charge is 2.26. The van der Waals surface area contributed by atoms with Crippen LogP contribution in [0.4, 0.5) is 27.3 Å². The van der Waals surface area contributed by atoms with Gasteiger partial charge in [0, 0.05) is 0 Å². The van der Waals surface area contributed by atoms with Crippen molar-refractivity contribution in [3.05, 3.63) is 42.6 Å². The molecule has 1 saturated heterocycles. The van der Waals surface area contributed by atoms with Gasteiger partial charge >= 0.3 is 0 Å². The van der Waals surface area contributed by atoms with Crippen LogP contribution in [0.25, 0.3) is 0 Å². The standard InChI is InChI=1S/C14H15FN4/c15-10-8-19(9-10)14-6-5-11(7-17-14)18-13-4-2-1-3-12(13)16/h1-7,10,18H,8-9,16H2. The first-order chi connectivity index (χ1) is 9.22. The van der Waals surface area contributed by atoms with E-state index in [0.29, 0.717) is 18.8 Å². The van der Waals surface area contributed by atoms with Crippen LogP contribution in [0.15, 0.2) is 42.6 Å². The molecule has 0 atom stereocenters. The van der Waals surface area contributed by atoms with E-state index in [1.807, 2.05) is 41.3 Å². The summed E-state index contributed by atoms with van der Waals surface area (Å²) in [5, 5.41) is 3.20. The van der Waals surface area contributed by atoms with Crippen molar-refractivity contribution in [1.29, 1.82) is 0 Å². The summed E-state index contributed by atoms with van der Waals surface area (Å²) in [6.07, 6.45) is 1.01. The largest absolute Gasteiger partial charge is 0.397 e. The van der Waals surface area contributed by atoms with Gasteiger partial charge < -0.3 is 16.0 Å². The lowest BCUT2D eigenvalue weighted by atomic mass is 10.2. The zero-order valence-electron chi connectivity index (χ0n) is 10.4. The summed E-state index contributed by atoms with van der Waals surface area (Å²) in [5.41, 5.74) is 8.26. The van der Waals surface area contributed by atoms with Crippen molar-refractivity contribution in [3.63, 3.8) is 0 Å². The highest BCUT2D eigenvalue weighted by Crippen LogP contribution is 2.25. The second kappa shape index (κ2) is 4.76. The summed E-state index contributed by atoms with van der Waals surface area (Å²) in [7, 11) is 0. The SMILES string of the molecule is Nc1ccccc1Nc1ccc(N2CC(F)C2)nc1. The molecule has 0 saturated carbocycles. The van der Waals surface area contributed by atoms with Gasteiger partial charge in [0.05, 0.1) is 36.3 Å². The number of nitrogens with zero attached hydrogens (tertiary/aromatic N) is 2. The van der Waals surface area contributed by atoms with Crippen molar-refractivity contribution >= 4 is 22.9 Å². The number of rotatable bonds is 3. The van der Waals surface area contributed by atoms with Crippen LogP contribution in [0.3, 0.4) is 0 Å². The molecule has 1 aromatic heterocycles. The van der Waals surface area contributed by atoms with Crippen LogP contribution in [0.5, 0.6) is 0 Å². The average Bonchev–Trinajstić information content (AvgIpc) is 2.39. The minimum absolute atomic E-state index is 0.436. The number of para-hydroxylation sites is 2. The molecule has 1 fully saturated rings. The van der Waals surface area contributed by atoms with Crippen LogP contribution in [-0.4, -0.2) is 24.2 Å². The fourth-order valence-electron chi connectivity index (χ4n) is 2.03. The van der Waals surface area contributed by atoms with E-state index in [4.69, 9.17) is 5.73 Å². The Hall–Kier alpha value is -2.30. The minimum Gasteiger partial charge on any atom is -0.397 e. The Morgan fingerprint density at radius 3 is 2.63 bits per heavy atom. The summed E-state index contributed by atoms with van der Waals surface area (Å²) >= 11 is 0. The van der Waals surface area contributed by atoms with Gasteiger partial charge in [-0.2, -0.15) is 0 Å². The number of anilines is 4. The molecule has 0 amide bonds. The number of nitrogens with two attached hydrogens (primary N) is 1. The van der Waals surface area contributed by atoms with Gasteiger partial charge in [0.2, 0.25) is 0 Å². The van der Waals surface area contributed by atoms with Crippen molar-refractivity contribution in [2.75, 3.05) is 29.0 Å². The van der Waals surface area contributed by atoms with Gasteiger partial charge in [0.25, 0.3) is 0 Å². The molecule has 98 valence electrons. The molecule has 19 heavy (non-hydrogen) atoms. The lowest BCUT2D eigenvalue weighted by molar-refractivity contribution is 0.273. The maximum atomic E-state index is 12.8. The first kappa shape index (κ1) is 11.8.